The summed E-state index contributed by atoms with van der Waals surface area (Å²) in [6.45, 7) is 0.457. The Labute approximate surface area is 94.4 Å². The van der Waals surface area contributed by atoms with Crippen molar-refractivity contribution in [2.75, 3.05) is 13.2 Å². The highest BCUT2D eigenvalue weighted by atomic mass is 16.4. The van der Waals surface area contributed by atoms with E-state index in [0.717, 1.165) is 0 Å². The van der Waals surface area contributed by atoms with E-state index in [4.69, 9.17) is 10.2 Å². The van der Waals surface area contributed by atoms with Gasteiger partial charge in [0.1, 0.15) is 0 Å². The second-order valence-electron chi connectivity index (χ2n) is 3.82. The maximum Gasteiger partial charge on any atom is 0.303 e. The molecule has 0 bridgehead atoms. The van der Waals surface area contributed by atoms with Crippen molar-refractivity contribution in [2.24, 2.45) is 0 Å². The highest BCUT2D eigenvalue weighted by molar-refractivity contribution is 5.78. The van der Waals surface area contributed by atoms with Crippen molar-refractivity contribution in [3.63, 3.8) is 0 Å². The highest BCUT2D eigenvalue weighted by Crippen LogP contribution is 2.17. The molecule has 1 unspecified atom stereocenters. The topological polar surface area (TPSA) is 77.8 Å². The largest absolute Gasteiger partial charge is 0.481 e. The zero-order valence-electron chi connectivity index (χ0n) is 9.13. The predicted octanol–water partition coefficient (Wildman–Crippen LogP) is 0.391. The first-order chi connectivity index (χ1) is 7.65. The van der Waals surface area contributed by atoms with Crippen molar-refractivity contribution >= 4 is 11.9 Å². The van der Waals surface area contributed by atoms with Crippen LogP contribution in [-0.2, 0) is 9.59 Å². The third-order valence-corrected chi connectivity index (χ3v) is 2.66. The molecule has 5 nitrogen and oxygen atoms in total. The number of hydrogen-bond donors (Lipinski definition) is 2. The maximum absolute atomic E-state index is 11.4. The van der Waals surface area contributed by atoms with E-state index in [-0.39, 0.29) is 25.0 Å². The molecular formula is C11H17NO4. The summed E-state index contributed by atoms with van der Waals surface area (Å²) in [5.41, 5.74) is 0. The third-order valence-electron chi connectivity index (χ3n) is 2.66. The zero-order valence-corrected chi connectivity index (χ0v) is 9.13. The Morgan fingerprint density at radius 1 is 1.50 bits per heavy atom. The number of amides is 1. The minimum Gasteiger partial charge on any atom is -0.481 e. The van der Waals surface area contributed by atoms with Gasteiger partial charge < -0.3 is 15.1 Å². The molecule has 1 aliphatic rings. The van der Waals surface area contributed by atoms with Gasteiger partial charge in [-0.2, -0.15) is 0 Å². The van der Waals surface area contributed by atoms with Gasteiger partial charge in [0.05, 0.1) is 12.6 Å². The molecule has 90 valence electrons. The molecule has 2 N–H and O–H groups in total. The van der Waals surface area contributed by atoms with Gasteiger partial charge in [0.15, 0.2) is 0 Å². The normalized spacial score (nSPS) is 20.9. The minimum absolute atomic E-state index is 0.00525. The van der Waals surface area contributed by atoms with Crippen molar-refractivity contribution in [1.82, 2.24) is 4.90 Å². The number of hydrogen-bond acceptors (Lipinski definition) is 3. The average molecular weight is 227 g/mol. The highest BCUT2D eigenvalue weighted by Gasteiger charge is 2.28. The lowest BCUT2D eigenvalue weighted by Crippen LogP contribution is -2.35. The summed E-state index contributed by atoms with van der Waals surface area (Å²) in [5, 5.41) is 17.4. The van der Waals surface area contributed by atoms with Gasteiger partial charge >= 0.3 is 5.97 Å². The van der Waals surface area contributed by atoms with Crippen LogP contribution in [-0.4, -0.2) is 46.2 Å². The van der Waals surface area contributed by atoms with Gasteiger partial charge in [-0.3, -0.25) is 9.59 Å². The average Bonchev–Trinajstić information content (AvgIpc) is 2.59. The molecule has 1 atom stereocenters. The summed E-state index contributed by atoms with van der Waals surface area (Å²) in [6.07, 6.45) is 5.32. The van der Waals surface area contributed by atoms with Crippen LogP contribution in [0.5, 0.6) is 0 Å². The summed E-state index contributed by atoms with van der Waals surface area (Å²) in [6, 6.07) is -0.0726. The van der Waals surface area contributed by atoms with Gasteiger partial charge in [-0.05, 0) is 12.8 Å². The van der Waals surface area contributed by atoms with Gasteiger partial charge in [-0.1, -0.05) is 12.2 Å². The Bertz CT molecular complexity index is 288. The Balaban J connectivity index is 2.30. The SMILES string of the molecule is O=C(O)CC/C=C\CN1C(=O)CCC1CO. The fourth-order valence-electron chi connectivity index (χ4n) is 1.75. The van der Waals surface area contributed by atoms with E-state index in [9.17, 15) is 9.59 Å². The Morgan fingerprint density at radius 3 is 2.88 bits per heavy atom. The van der Waals surface area contributed by atoms with Gasteiger partial charge in [0, 0.05) is 19.4 Å². The molecule has 0 aromatic rings. The van der Waals surface area contributed by atoms with Crippen LogP contribution in [0.15, 0.2) is 12.2 Å². The molecule has 5 heteroatoms. The fraction of sp³-hybridized carbons (Fsp3) is 0.636. The molecule has 16 heavy (non-hydrogen) atoms. The molecule has 0 aliphatic carbocycles. The van der Waals surface area contributed by atoms with Crippen molar-refractivity contribution in [1.29, 1.82) is 0 Å². The maximum atomic E-state index is 11.4. The molecule has 1 fully saturated rings. The van der Waals surface area contributed by atoms with E-state index >= 15 is 0 Å². The van der Waals surface area contributed by atoms with Gasteiger partial charge in [0.2, 0.25) is 5.91 Å². The smallest absolute Gasteiger partial charge is 0.303 e. The number of nitrogens with zero attached hydrogens (tertiary/aromatic N) is 1. The van der Waals surface area contributed by atoms with Crippen LogP contribution in [0, 0.1) is 0 Å². The first kappa shape index (κ1) is 12.7. The van der Waals surface area contributed by atoms with E-state index in [1.165, 1.54) is 0 Å². The van der Waals surface area contributed by atoms with E-state index in [1.807, 2.05) is 0 Å². The number of carbonyl (C=O) groups excluding carboxylic acids is 1. The molecule has 1 rings (SSSR count). The molecule has 0 spiro atoms. The number of aliphatic hydroxyl groups excluding tert-OH is 1. The number of likely N-dealkylation sites (tertiary alicyclic amines) is 1. The van der Waals surface area contributed by atoms with E-state index in [1.54, 1.807) is 17.1 Å². The van der Waals surface area contributed by atoms with Crippen LogP contribution in [0.1, 0.15) is 25.7 Å². The minimum atomic E-state index is -0.824. The van der Waals surface area contributed by atoms with Crippen molar-refractivity contribution in [3.05, 3.63) is 12.2 Å². The predicted molar refractivity (Wildman–Crippen MR) is 57.8 cm³/mol. The lowest BCUT2D eigenvalue weighted by atomic mass is 10.2. The summed E-state index contributed by atoms with van der Waals surface area (Å²) >= 11 is 0. The van der Waals surface area contributed by atoms with Crippen LogP contribution < -0.4 is 0 Å². The van der Waals surface area contributed by atoms with Gasteiger partial charge in [-0.15, -0.1) is 0 Å². The molecule has 0 aromatic heterocycles. The molecule has 0 radical (unpaired) electrons. The van der Waals surface area contributed by atoms with E-state index < -0.39 is 5.97 Å². The Hall–Kier alpha value is -1.36. The summed E-state index contributed by atoms with van der Waals surface area (Å²) < 4.78 is 0. The second kappa shape index (κ2) is 6.27. The molecule has 1 aliphatic heterocycles. The molecule has 1 amide bonds. The number of allylic oxidation sites excluding steroid dienone is 1. The second-order valence-corrected chi connectivity index (χ2v) is 3.82. The van der Waals surface area contributed by atoms with Crippen molar-refractivity contribution in [3.8, 4) is 0 Å². The first-order valence-electron chi connectivity index (χ1n) is 5.42. The first-order valence-corrected chi connectivity index (χ1v) is 5.42. The van der Waals surface area contributed by atoms with Crippen LogP contribution in [0.25, 0.3) is 0 Å². The molecular weight excluding hydrogens is 210 g/mol. The Morgan fingerprint density at radius 2 is 2.25 bits per heavy atom. The number of carboxylic acid groups (broad SMARTS) is 1. The molecule has 1 heterocycles. The summed E-state index contributed by atoms with van der Waals surface area (Å²) in [4.78, 5) is 23.3. The quantitative estimate of drug-likeness (QED) is 0.643. The third kappa shape index (κ3) is 3.66. The summed E-state index contributed by atoms with van der Waals surface area (Å²) in [5.74, 6) is -0.767. The number of carboxylic acids is 1. The van der Waals surface area contributed by atoms with Gasteiger partial charge in [-0.25, -0.2) is 0 Å². The van der Waals surface area contributed by atoms with Crippen molar-refractivity contribution < 1.29 is 19.8 Å². The van der Waals surface area contributed by atoms with Crippen LogP contribution in [0.3, 0.4) is 0 Å². The van der Waals surface area contributed by atoms with Crippen molar-refractivity contribution in [2.45, 2.75) is 31.7 Å². The standard InChI is InChI=1S/C11H17NO4/c13-8-9-5-6-10(14)12(9)7-3-1-2-4-11(15)16/h1,3,9,13H,2,4-8H2,(H,15,16)/b3-1-. The summed E-state index contributed by atoms with van der Waals surface area (Å²) in [7, 11) is 0. The van der Waals surface area contributed by atoms with E-state index in [0.29, 0.717) is 25.8 Å². The molecule has 0 aromatic carbocycles. The number of carbonyl (C=O) groups is 2. The molecule has 1 saturated heterocycles. The monoisotopic (exact) mass is 227 g/mol. The molecule has 0 saturated carbocycles. The lowest BCUT2D eigenvalue weighted by Gasteiger charge is -2.21. The van der Waals surface area contributed by atoms with E-state index in [2.05, 4.69) is 0 Å². The van der Waals surface area contributed by atoms with Crippen LogP contribution in [0.4, 0.5) is 0 Å². The lowest BCUT2D eigenvalue weighted by molar-refractivity contribution is -0.137. The van der Waals surface area contributed by atoms with Crippen LogP contribution >= 0.6 is 0 Å². The number of rotatable bonds is 6. The van der Waals surface area contributed by atoms with Gasteiger partial charge in [0.25, 0.3) is 0 Å². The number of aliphatic hydroxyl groups is 1. The Kier molecular flexibility index (Phi) is 4.98. The fourth-order valence-corrected chi connectivity index (χ4v) is 1.75. The number of aliphatic carboxylic acids is 1. The zero-order chi connectivity index (χ0) is 12.0. The van der Waals surface area contributed by atoms with Crippen LogP contribution in [0.2, 0.25) is 0 Å².